The molecule has 2 aromatic rings. The van der Waals surface area contributed by atoms with E-state index in [9.17, 15) is 9.90 Å². The average molecular weight is 321 g/mol. The molecule has 3 atom stereocenters. The Morgan fingerprint density at radius 1 is 1.50 bits per heavy atom. The molecule has 1 fully saturated rings. The van der Waals surface area contributed by atoms with Gasteiger partial charge in [0, 0.05) is 24.5 Å². The number of aryl methyl sites for hydroxylation is 2. The third-order valence-corrected chi connectivity index (χ3v) is 4.80. The number of nitrogens with one attached hydrogen (secondary N) is 1. The molecule has 0 aliphatic heterocycles. The van der Waals surface area contributed by atoms with Gasteiger partial charge in [0.1, 0.15) is 11.6 Å². The molecule has 118 valence electrons. The highest BCUT2D eigenvalue weighted by molar-refractivity contribution is 7.11. The third-order valence-electron chi connectivity index (χ3n) is 4.02. The first-order valence-electron chi connectivity index (χ1n) is 7.30. The topological polar surface area (TPSA) is 92.9 Å². The van der Waals surface area contributed by atoms with E-state index in [1.165, 1.54) is 11.3 Å². The highest BCUT2D eigenvalue weighted by Gasteiger charge is 2.33. The molecule has 1 amide bonds. The first-order chi connectivity index (χ1) is 10.5. The van der Waals surface area contributed by atoms with Crippen molar-refractivity contribution in [3.8, 4) is 0 Å². The van der Waals surface area contributed by atoms with Gasteiger partial charge in [-0.25, -0.2) is 9.97 Å². The molecule has 1 aliphatic rings. The van der Waals surface area contributed by atoms with Gasteiger partial charge >= 0.3 is 0 Å². The lowest BCUT2D eigenvalue weighted by atomic mass is 9.83. The lowest BCUT2D eigenvalue weighted by molar-refractivity contribution is 0.0669. The molecule has 2 N–H and O–H groups in total. The van der Waals surface area contributed by atoms with Crippen molar-refractivity contribution in [3.05, 3.63) is 28.2 Å². The molecule has 0 unspecified atom stereocenters. The number of thiazole rings is 1. The van der Waals surface area contributed by atoms with Crippen molar-refractivity contribution in [2.24, 2.45) is 7.05 Å². The van der Waals surface area contributed by atoms with E-state index >= 15 is 0 Å². The van der Waals surface area contributed by atoms with Crippen LogP contribution in [0.2, 0.25) is 0 Å². The Bertz CT molecular complexity index is 654. The molecule has 0 aromatic carbocycles. The first kappa shape index (κ1) is 15.1. The molecule has 2 aromatic heterocycles. The summed E-state index contributed by atoms with van der Waals surface area (Å²) in [6, 6.07) is -0.285. The van der Waals surface area contributed by atoms with Crippen molar-refractivity contribution in [1.82, 2.24) is 25.1 Å². The minimum absolute atomic E-state index is 0.191. The maximum absolute atomic E-state index is 12.1. The van der Waals surface area contributed by atoms with Gasteiger partial charge in [-0.1, -0.05) is 0 Å². The Morgan fingerprint density at radius 2 is 2.32 bits per heavy atom. The van der Waals surface area contributed by atoms with Crippen LogP contribution in [-0.2, 0) is 7.05 Å². The second kappa shape index (κ2) is 6.13. The molecule has 1 saturated carbocycles. The highest BCUT2D eigenvalue weighted by Crippen LogP contribution is 2.32. The van der Waals surface area contributed by atoms with Gasteiger partial charge in [-0.15, -0.1) is 11.3 Å². The van der Waals surface area contributed by atoms with Crippen molar-refractivity contribution >= 4 is 17.2 Å². The van der Waals surface area contributed by atoms with Crippen molar-refractivity contribution in [2.45, 2.75) is 44.2 Å². The standard InChI is InChI=1S/C14H19N5O2S/c1-8-16-12(19(2)18-8)9-3-4-11(20)10(7-9)17-13(21)14-15-5-6-22-14/h5-6,9-11,20H,3-4,7H2,1-2H3,(H,17,21)/t9-,10+,11+/m0/s1. The fraction of sp³-hybridized carbons (Fsp3) is 0.571. The van der Waals surface area contributed by atoms with Gasteiger partial charge in [-0.2, -0.15) is 5.10 Å². The predicted octanol–water partition coefficient (Wildman–Crippen LogP) is 1.01. The minimum atomic E-state index is -0.533. The third kappa shape index (κ3) is 3.02. The number of amides is 1. The molecule has 0 radical (unpaired) electrons. The number of nitrogens with zero attached hydrogens (tertiary/aromatic N) is 4. The van der Waals surface area contributed by atoms with Gasteiger partial charge in [-0.05, 0) is 26.2 Å². The lowest BCUT2D eigenvalue weighted by Gasteiger charge is -2.33. The minimum Gasteiger partial charge on any atom is -0.391 e. The Morgan fingerprint density at radius 3 is 2.95 bits per heavy atom. The number of hydrogen-bond acceptors (Lipinski definition) is 6. The second-order valence-electron chi connectivity index (χ2n) is 5.64. The Kier molecular flexibility index (Phi) is 4.21. The number of carbonyl (C=O) groups excluding carboxylic acids is 1. The molecule has 0 bridgehead atoms. The fourth-order valence-electron chi connectivity index (χ4n) is 2.99. The molecule has 2 heterocycles. The van der Waals surface area contributed by atoms with Gasteiger partial charge in [-0.3, -0.25) is 9.48 Å². The molecule has 7 nitrogen and oxygen atoms in total. The summed E-state index contributed by atoms with van der Waals surface area (Å²) >= 11 is 1.29. The number of rotatable bonds is 3. The van der Waals surface area contributed by atoms with E-state index in [1.807, 2.05) is 14.0 Å². The van der Waals surface area contributed by atoms with Crippen molar-refractivity contribution in [1.29, 1.82) is 0 Å². The van der Waals surface area contributed by atoms with Gasteiger partial charge in [0.25, 0.3) is 5.91 Å². The summed E-state index contributed by atoms with van der Waals surface area (Å²) in [7, 11) is 1.88. The molecular formula is C14H19N5O2S. The zero-order valence-corrected chi connectivity index (χ0v) is 13.4. The SMILES string of the molecule is Cc1nc([C@H]2CC[C@@H](O)[C@H](NC(=O)c3nccs3)C2)n(C)n1. The van der Waals surface area contributed by atoms with Gasteiger partial charge in [0.15, 0.2) is 5.01 Å². The van der Waals surface area contributed by atoms with E-state index in [4.69, 9.17) is 0 Å². The van der Waals surface area contributed by atoms with E-state index in [2.05, 4.69) is 20.4 Å². The Balaban J connectivity index is 1.71. The number of aromatic nitrogens is 4. The number of aliphatic hydroxyl groups excluding tert-OH is 1. The van der Waals surface area contributed by atoms with Crippen LogP contribution < -0.4 is 5.32 Å². The van der Waals surface area contributed by atoms with Crippen molar-refractivity contribution in [3.63, 3.8) is 0 Å². The van der Waals surface area contributed by atoms with Crippen LogP contribution in [0.15, 0.2) is 11.6 Å². The monoisotopic (exact) mass is 321 g/mol. The predicted molar refractivity (Wildman–Crippen MR) is 81.7 cm³/mol. The van der Waals surface area contributed by atoms with Crippen LogP contribution >= 0.6 is 11.3 Å². The number of aliphatic hydroxyl groups is 1. The summed E-state index contributed by atoms with van der Waals surface area (Å²) < 4.78 is 1.79. The van der Waals surface area contributed by atoms with E-state index in [-0.39, 0.29) is 17.9 Å². The van der Waals surface area contributed by atoms with Gasteiger partial charge in [0.2, 0.25) is 0 Å². The zero-order chi connectivity index (χ0) is 15.7. The smallest absolute Gasteiger partial charge is 0.280 e. The first-order valence-corrected chi connectivity index (χ1v) is 8.18. The Labute approximate surface area is 132 Å². The summed E-state index contributed by atoms with van der Waals surface area (Å²) in [6.45, 7) is 1.86. The largest absolute Gasteiger partial charge is 0.391 e. The molecule has 0 saturated heterocycles. The highest BCUT2D eigenvalue weighted by atomic mass is 32.1. The van der Waals surface area contributed by atoms with Crippen molar-refractivity contribution < 1.29 is 9.90 Å². The molecule has 0 spiro atoms. The van der Waals surface area contributed by atoms with Crippen LogP contribution in [0.1, 0.15) is 46.6 Å². The molecule has 1 aliphatic carbocycles. The van der Waals surface area contributed by atoms with Crippen LogP contribution in [0.3, 0.4) is 0 Å². The maximum Gasteiger partial charge on any atom is 0.280 e. The number of hydrogen-bond donors (Lipinski definition) is 2. The summed E-state index contributed by atoms with van der Waals surface area (Å²) in [5.41, 5.74) is 0. The van der Waals surface area contributed by atoms with Gasteiger partial charge < -0.3 is 10.4 Å². The summed E-state index contributed by atoms with van der Waals surface area (Å²) in [4.78, 5) is 20.6. The zero-order valence-electron chi connectivity index (χ0n) is 12.6. The summed E-state index contributed by atoms with van der Waals surface area (Å²) in [5.74, 6) is 1.62. The van der Waals surface area contributed by atoms with E-state index in [1.54, 1.807) is 16.3 Å². The van der Waals surface area contributed by atoms with Crippen LogP contribution in [0.25, 0.3) is 0 Å². The molecular weight excluding hydrogens is 302 g/mol. The van der Waals surface area contributed by atoms with Crippen LogP contribution in [0.4, 0.5) is 0 Å². The summed E-state index contributed by atoms with van der Waals surface area (Å²) in [6.07, 6.45) is 3.21. The summed E-state index contributed by atoms with van der Waals surface area (Å²) in [5, 5.41) is 19.5. The van der Waals surface area contributed by atoms with E-state index < -0.39 is 6.10 Å². The van der Waals surface area contributed by atoms with Crippen LogP contribution in [-0.4, -0.2) is 42.9 Å². The quantitative estimate of drug-likeness (QED) is 0.880. The van der Waals surface area contributed by atoms with Crippen molar-refractivity contribution in [2.75, 3.05) is 0 Å². The lowest BCUT2D eigenvalue weighted by Crippen LogP contribution is -2.46. The van der Waals surface area contributed by atoms with Crippen LogP contribution in [0, 0.1) is 6.92 Å². The van der Waals surface area contributed by atoms with Crippen LogP contribution in [0.5, 0.6) is 0 Å². The second-order valence-corrected chi connectivity index (χ2v) is 6.53. The molecule has 22 heavy (non-hydrogen) atoms. The fourth-order valence-corrected chi connectivity index (χ4v) is 3.53. The Hall–Kier alpha value is -1.80. The van der Waals surface area contributed by atoms with Gasteiger partial charge in [0.05, 0.1) is 12.1 Å². The van der Waals surface area contributed by atoms with E-state index in [0.717, 1.165) is 18.1 Å². The number of carbonyl (C=O) groups is 1. The normalized spacial score (nSPS) is 25.1. The maximum atomic E-state index is 12.1. The van der Waals surface area contributed by atoms with E-state index in [0.29, 0.717) is 17.8 Å². The molecule has 8 heteroatoms. The molecule has 3 rings (SSSR count). The average Bonchev–Trinajstić information content (AvgIpc) is 3.11.